The molecule has 3 aromatic rings. The van der Waals surface area contributed by atoms with Crippen molar-refractivity contribution in [3.63, 3.8) is 0 Å². The minimum absolute atomic E-state index is 0.237. The lowest BCUT2D eigenvalue weighted by atomic mass is 10.0. The summed E-state index contributed by atoms with van der Waals surface area (Å²) in [4.78, 5) is 27.7. The summed E-state index contributed by atoms with van der Waals surface area (Å²) in [6.45, 7) is 4.96. The number of piperidine rings is 1. The molecular weight excluding hydrogens is 478 g/mol. The summed E-state index contributed by atoms with van der Waals surface area (Å²) < 4.78 is 11.4. The average Bonchev–Trinajstić information content (AvgIpc) is 2.96. The third kappa shape index (κ3) is 7.35. The summed E-state index contributed by atoms with van der Waals surface area (Å²) in [5, 5.41) is 5.74. The summed E-state index contributed by atoms with van der Waals surface area (Å²) in [5.74, 6) is -0.171. The molecule has 1 fully saturated rings. The molecule has 1 aliphatic rings. The van der Waals surface area contributed by atoms with Crippen molar-refractivity contribution in [2.45, 2.75) is 44.8 Å². The lowest BCUT2D eigenvalue weighted by Crippen LogP contribution is -2.39. The Kier molecular flexibility index (Phi) is 9.76. The van der Waals surface area contributed by atoms with Crippen molar-refractivity contribution in [3.8, 4) is 5.75 Å². The maximum atomic E-state index is 12.7. The van der Waals surface area contributed by atoms with Crippen LogP contribution in [0.1, 0.15) is 60.2 Å². The van der Waals surface area contributed by atoms with Gasteiger partial charge in [0.25, 0.3) is 0 Å². The fraction of sp³-hybridized carbons (Fsp3) is 0.355. The van der Waals surface area contributed by atoms with Crippen LogP contribution in [0.3, 0.4) is 0 Å². The van der Waals surface area contributed by atoms with Gasteiger partial charge < -0.3 is 25.0 Å². The number of carbonyl (C=O) groups is 2. The van der Waals surface area contributed by atoms with E-state index in [0.717, 1.165) is 30.6 Å². The number of likely N-dealkylation sites (tertiary alicyclic amines) is 1. The maximum absolute atomic E-state index is 12.7. The molecule has 1 unspecified atom stereocenters. The van der Waals surface area contributed by atoms with Crippen LogP contribution in [-0.4, -0.2) is 49.7 Å². The minimum Gasteiger partial charge on any atom is -0.480 e. The number of hydrogen-bond donors (Lipinski definition) is 2. The van der Waals surface area contributed by atoms with Crippen molar-refractivity contribution in [2.24, 2.45) is 0 Å². The van der Waals surface area contributed by atoms with Gasteiger partial charge in [0.05, 0.1) is 7.11 Å². The molecule has 0 bridgehead atoms. The Morgan fingerprint density at radius 2 is 1.66 bits per heavy atom. The third-order valence-corrected chi connectivity index (χ3v) is 6.94. The van der Waals surface area contributed by atoms with E-state index in [1.54, 1.807) is 18.2 Å². The Balaban J connectivity index is 1.43. The van der Waals surface area contributed by atoms with Gasteiger partial charge in [0.15, 0.2) is 0 Å². The van der Waals surface area contributed by atoms with Gasteiger partial charge in [-0.1, -0.05) is 67.1 Å². The Morgan fingerprint density at radius 3 is 2.29 bits per heavy atom. The van der Waals surface area contributed by atoms with Gasteiger partial charge in [-0.25, -0.2) is 9.59 Å². The van der Waals surface area contributed by atoms with Crippen LogP contribution in [0.2, 0.25) is 0 Å². The highest BCUT2D eigenvalue weighted by Crippen LogP contribution is 2.32. The van der Waals surface area contributed by atoms with Crippen molar-refractivity contribution in [3.05, 3.63) is 95.6 Å². The summed E-state index contributed by atoms with van der Waals surface area (Å²) in [6.07, 6.45) is 4.25. The SMILES string of the molecule is COC(=O)c1cc(NC(=O)NCCCN2CCCCC2C)ccc1OC(c1ccccc1)c1ccccc1. The molecule has 0 spiro atoms. The lowest BCUT2D eigenvalue weighted by molar-refractivity contribution is 0.0594. The number of nitrogens with one attached hydrogen (secondary N) is 2. The van der Waals surface area contributed by atoms with E-state index in [2.05, 4.69) is 22.5 Å². The molecule has 0 saturated carbocycles. The number of esters is 1. The van der Waals surface area contributed by atoms with Gasteiger partial charge in [-0.15, -0.1) is 0 Å². The van der Waals surface area contributed by atoms with Gasteiger partial charge in [-0.2, -0.15) is 0 Å². The second kappa shape index (κ2) is 13.6. The fourth-order valence-corrected chi connectivity index (χ4v) is 4.84. The largest absolute Gasteiger partial charge is 0.480 e. The topological polar surface area (TPSA) is 79.9 Å². The molecule has 1 saturated heterocycles. The second-order valence-corrected chi connectivity index (χ2v) is 9.64. The molecule has 3 aromatic carbocycles. The molecule has 0 radical (unpaired) electrons. The van der Waals surface area contributed by atoms with Crippen molar-refractivity contribution in [1.29, 1.82) is 0 Å². The molecule has 0 aromatic heterocycles. The zero-order valence-electron chi connectivity index (χ0n) is 22.2. The van der Waals surface area contributed by atoms with Crippen LogP contribution >= 0.6 is 0 Å². The average molecular weight is 516 g/mol. The zero-order valence-corrected chi connectivity index (χ0v) is 22.2. The fourth-order valence-electron chi connectivity index (χ4n) is 4.84. The number of benzene rings is 3. The normalized spacial score (nSPS) is 15.6. The molecule has 1 atom stereocenters. The maximum Gasteiger partial charge on any atom is 0.341 e. The Labute approximate surface area is 225 Å². The highest BCUT2D eigenvalue weighted by atomic mass is 16.5. The number of hydrogen-bond acceptors (Lipinski definition) is 5. The number of anilines is 1. The van der Waals surface area contributed by atoms with E-state index < -0.39 is 12.1 Å². The van der Waals surface area contributed by atoms with E-state index in [9.17, 15) is 9.59 Å². The summed E-state index contributed by atoms with van der Waals surface area (Å²) in [5.41, 5.74) is 2.63. The van der Waals surface area contributed by atoms with E-state index in [1.807, 2.05) is 60.7 Å². The Morgan fingerprint density at radius 1 is 0.974 bits per heavy atom. The summed E-state index contributed by atoms with van der Waals surface area (Å²) in [6, 6.07) is 25.0. The number of carbonyl (C=O) groups excluding carboxylic acids is 2. The quantitative estimate of drug-likeness (QED) is 0.255. The van der Waals surface area contributed by atoms with Crippen molar-refractivity contribution in [2.75, 3.05) is 32.1 Å². The predicted octanol–water partition coefficient (Wildman–Crippen LogP) is 6.03. The van der Waals surface area contributed by atoms with Gasteiger partial charge >= 0.3 is 12.0 Å². The first kappa shape index (κ1) is 27.2. The van der Waals surface area contributed by atoms with E-state index in [0.29, 0.717) is 24.0 Å². The van der Waals surface area contributed by atoms with Crippen LogP contribution in [0.5, 0.6) is 5.75 Å². The molecular formula is C31H37N3O4. The number of amides is 2. The molecule has 2 N–H and O–H groups in total. The van der Waals surface area contributed by atoms with Crippen LogP contribution in [0, 0.1) is 0 Å². The first-order chi connectivity index (χ1) is 18.5. The van der Waals surface area contributed by atoms with E-state index in [-0.39, 0.29) is 11.6 Å². The Hall–Kier alpha value is -3.84. The molecule has 7 heteroatoms. The van der Waals surface area contributed by atoms with Crippen LogP contribution in [0.4, 0.5) is 10.5 Å². The molecule has 4 rings (SSSR count). The van der Waals surface area contributed by atoms with Crippen LogP contribution in [0.15, 0.2) is 78.9 Å². The number of ether oxygens (including phenoxy) is 2. The molecule has 38 heavy (non-hydrogen) atoms. The monoisotopic (exact) mass is 515 g/mol. The molecule has 1 aliphatic heterocycles. The van der Waals surface area contributed by atoms with Gasteiger partial charge in [0, 0.05) is 24.8 Å². The van der Waals surface area contributed by atoms with E-state index in [4.69, 9.17) is 9.47 Å². The van der Waals surface area contributed by atoms with Gasteiger partial charge in [0.2, 0.25) is 0 Å². The van der Waals surface area contributed by atoms with Gasteiger partial charge in [0.1, 0.15) is 17.4 Å². The van der Waals surface area contributed by atoms with E-state index >= 15 is 0 Å². The zero-order chi connectivity index (χ0) is 26.7. The third-order valence-electron chi connectivity index (χ3n) is 6.94. The smallest absolute Gasteiger partial charge is 0.341 e. The number of urea groups is 1. The van der Waals surface area contributed by atoms with Gasteiger partial charge in [-0.3, -0.25) is 0 Å². The van der Waals surface area contributed by atoms with Crippen LogP contribution < -0.4 is 15.4 Å². The first-order valence-electron chi connectivity index (χ1n) is 13.3. The van der Waals surface area contributed by atoms with Gasteiger partial charge in [-0.05, 0) is 62.1 Å². The Bertz CT molecular complexity index is 1150. The highest BCUT2D eigenvalue weighted by Gasteiger charge is 2.22. The standard InChI is InChI=1S/C31H37N3O4/c1-23-12-9-10-20-34(23)21-11-19-32-31(36)33-26-17-18-28(27(22-26)30(35)37-2)38-29(24-13-5-3-6-14-24)25-15-7-4-8-16-25/h3-8,13-18,22-23,29H,9-12,19-21H2,1-2H3,(H2,32,33,36). The molecule has 1 heterocycles. The van der Waals surface area contributed by atoms with E-state index in [1.165, 1.54) is 26.4 Å². The minimum atomic E-state index is -0.542. The predicted molar refractivity (Wildman–Crippen MR) is 150 cm³/mol. The lowest BCUT2D eigenvalue weighted by Gasteiger charge is -2.33. The molecule has 7 nitrogen and oxygen atoms in total. The first-order valence-corrected chi connectivity index (χ1v) is 13.3. The molecule has 200 valence electrons. The van der Waals surface area contributed by atoms with Crippen LogP contribution in [-0.2, 0) is 4.74 Å². The summed E-state index contributed by atoms with van der Waals surface area (Å²) in [7, 11) is 1.33. The molecule has 2 amide bonds. The second-order valence-electron chi connectivity index (χ2n) is 9.64. The molecule has 0 aliphatic carbocycles. The van der Waals surface area contributed by atoms with Crippen molar-refractivity contribution < 1.29 is 19.1 Å². The highest BCUT2D eigenvalue weighted by molar-refractivity contribution is 5.96. The van der Waals surface area contributed by atoms with Crippen molar-refractivity contribution in [1.82, 2.24) is 10.2 Å². The number of nitrogens with zero attached hydrogens (tertiary/aromatic N) is 1. The van der Waals surface area contributed by atoms with Crippen LogP contribution in [0.25, 0.3) is 0 Å². The number of methoxy groups -OCH3 is 1. The van der Waals surface area contributed by atoms with Crippen molar-refractivity contribution >= 4 is 17.7 Å². The summed E-state index contributed by atoms with van der Waals surface area (Å²) >= 11 is 0. The number of rotatable bonds is 10.